The standard InChI is InChI=1S/C7H19F3NO5PSSi2/c1-19(2,3)15-17(12,16-20(4,5)6)11-18(13,14)7(8,9)10/h1-6H3,(H,11,12). The lowest BCUT2D eigenvalue weighted by Crippen LogP contribution is -2.40. The van der Waals surface area contributed by atoms with Gasteiger partial charge in [0.05, 0.1) is 0 Å². The lowest BCUT2D eigenvalue weighted by atomic mass is 11.6. The smallest absolute Gasteiger partial charge is 0.340 e. The normalized spacial score (nSPS) is 15.4. The molecular formula is C7H19F3NO5PSSi2. The van der Waals surface area contributed by atoms with Gasteiger partial charge in [-0.05, 0) is 39.3 Å². The van der Waals surface area contributed by atoms with Crippen molar-refractivity contribution in [1.82, 2.24) is 4.49 Å². The highest BCUT2D eigenvalue weighted by atomic mass is 32.2. The van der Waals surface area contributed by atoms with E-state index in [2.05, 4.69) is 0 Å². The Morgan fingerprint density at radius 1 is 0.950 bits per heavy atom. The first kappa shape index (κ1) is 20.3. The fourth-order valence-electron chi connectivity index (χ4n) is 0.976. The van der Waals surface area contributed by atoms with Crippen molar-refractivity contribution in [3.8, 4) is 0 Å². The zero-order valence-electron chi connectivity index (χ0n) is 12.0. The summed E-state index contributed by atoms with van der Waals surface area (Å²) < 4.78 is 82.8. The van der Waals surface area contributed by atoms with Gasteiger partial charge in [0, 0.05) is 0 Å². The SMILES string of the molecule is C[Si](C)(C)OP(=O)(NS(=O)(=O)C(F)(F)F)O[Si](C)(C)C. The molecule has 0 aromatic rings. The van der Waals surface area contributed by atoms with Gasteiger partial charge in [-0.3, -0.25) is 0 Å². The minimum absolute atomic E-state index is 1.05. The van der Waals surface area contributed by atoms with Gasteiger partial charge in [0.2, 0.25) is 0 Å². The second-order valence-electron chi connectivity index (χ2n) is 5.95. The van der Waals surface area contributed by atoms with E-state index in [1.54, 1.807) is 39.3 Å². The lowest BCUT2D eigenvalue weighted by Gasteiger charge is -2.30. The molecule has 6 nitrogen and oxygen atoms in total. The van der Waals surface area contributed by atoms with Gasteiger partial charge < -0.3 is 8.43 Å². The Kier molecular flexibility index (Phi) is 5.90. The minimum Gasteiger partial charge on any atom is -0.340 e. The molecule has 0 saturated heterocycles. The molecule has 0 rings (SSSR count). The molecule has 0 aliphatic heterocycles. The lowest BCUT2D eigenvalue weighted by molar-refractivity contribution is -0.0443. The van der Waals surface area contributed by atoms with E-state index in [9.17, 15) is 26.2 Å². The third kappa shape index (κ3) is 7.34. The Balaban J connectivity index is 5.54. The Morgan fingerprint density at radius 3 is 1.45 bits per heavy atom. The second kappa shape index (κ2) is 5.82. The van der Waals surface area contributed by atoms with E-state index in [1.165, 1.54) is 0 Å². The molecular weight excluding hydrogens is 354 g/mol. The van der Waals surface area contributed by atoms with Crippen LogP contribution in [-0.4, -0.2) is 30.6 Å². The highest BCUT2D eigenvalue weighted by molar-refractivity contribution is 7.95. The van der Waals surface area contributed by atoms with E-state index in [0.717, 1.165) is 4.49 Å². The molecule has 1 N–H and O–H groups in total. The molecule has 0 saturated carbocycles. The van der Waals surface area contributed by atoms with Gasteiger partial charge in [-0.25, -0.2) is 13.0 Å². The van der Waals surface area contributed by atoms with E-state index >= 15 is 0 Å². The minimum atomic E-state index is -5.82. The summed E-state index contributed by atoms with van der Waals surface area (Å²) in [5.41, 5.74) is -5.59. The molecule has 0 atom stereocenters. The number of alkyl halides is 3. The van der Waals surface area contributed by atoms with Crippen molar-refractivity contribution < 1.29 is 34.6 Å². The molecule has 0 aliphatic rings. The van der Waals surface area contributed by atoms with E-state index < -0.39 is 39.9 Å². The van der Waals surface area contributed by atoms with Crippen molar-refractivity contribution in [1.29, 1.82) is 0 Å². The highest BCUT2D eigenvalue weighted by Crippen LogP contribution is 2.51. The van der Waals surface area contributed by atoms with Gasteiger partial charge in [-0.2, -0.15) is 13.2 Å². The van der Waals surface area contributed by atoms with Crippen LogP contribution in [0.25, 0.3) is 0 Å². The molecule has 13 heteroatoms. The maximum absolute atomic E-state index is 12.4. The first-order valence-corrected chi connectivity index (χ1v) is 15.3. The topological polar surface area (TPSA) is 81.7 Å². The summed E-state index contributed by atoms with van der Waals surface area (Å²) in [7, 11) is -15.7. The summed E-state index contributed by atoms with van der Waals surface area (Å²) in [5, 5.41) is 0. The van der Waals surface area contributed by atoms with E-state index in [4.69, 9.17) is 8.43 Å². The molecule has 0 bridgehead atoms. The quantitative estimate of drug-likeness (QED) is 0.571. The third-order valence-electron chi connectivity index (χ3n) is 1.32. The van der Waals surface area contributed by atoms with Crippen LogP contribution in [0.2, 0.25) is 39.3 Å². The van der Waals surface area contributed by atoms with Crippen LogP contribution < -0.4 is 4.49 Å². The number of hydrogen-bond acceptors (Lipinski definition) is 5. The zero-order valence-corrected chi connectivity index (χ0v) is 15.7. The average molecular weight is 373 g/mol. The Bertz CT molecular complexity index is 476. The van der Waals surface area contributed by atoms with Gasteiger partial charge in [0.1, 0.15) is 0 Å². The zero-order chi connectivity index (χ0) is 16.6. The third-order valence-corrected chi connectivity index (χ3v) is 10.1. The van der Waals surface area contributed by atoms with Gasteiger partial charge in [-0.15, -0.1) is 4.49 Å². The molecule has 0 heterocycles. The number of halogens is 3. The predicted molar refractivity (Wildman–Crippen MR) is 74.6 cm³/mol. The van der Waals surface area contributed by atoms with Gasteiger partial charge in [0.15, 0.2) is 16.6 Å². The largest absolute Gasteiger partial charge is 0.511 e. The Morgan fingerprint density at radius 2 is 1.25 bits per heavy atom. The molecule has 0 amide bonds. The highest BCUT2D eigenvalue weighted by Gasteiger charge is 2.52. The summed E-state index contributed by atoms with van der Waals surface area (Å²) in [6.07, 6.45) is 0. The van der Waals surface area contributed by atoms with Crippen LogP contribution in [-0.2, 0) is 23.0 Å². The summed E-state index contributed by atoms with van der Waals surface area (Å²) in [6.45, 7) is 9.30. The predicted octanol–water partition coefficient (Wildman–Crippen LogP) is 3.24. The molecule has 122 valence electrons. The number of hydrogen-bond donors (Lipinski definition) is 1. The molecule has 20 heavy (non-hydrogen) atoms. The van der Waals surface area contributed by atoms with Crippen molar-refractivity contribution in [2.24, 2.45) is 0 Å². The van der Waals surface area contributed by atoms with Crippen molar-refractivity contribution in [3.05, 3.63) is 0 Å². The van der Waals surface area contributed by atoms with Crippen molar-refractivity contribution in [2.45, 2.75) is 44.8 Å². The number of sulfonamides is 1. The Labute approximate surface area is 118 Å². The van der Waals surface area contributed by atoms with Crippen LogP contribution in [0.5, 0.6) is 0 Å². The molecule has 0 unspecified atom stereocenters. The maximum atomic E-state index is 12.4. The monoisotopic (exact) mass is 373 g/mol. The summed E-state index contributed by atoms with van der Waals surface area (Å²) >= 11 is 0. The van der Waals surface area contributed by atoms with E-state index in [1.807, 2.05) is 0 Å². The number of rotatable bonds is 6. The molecule has 0 aliphatic carbocycles. The van der Waals surface area contributed by atoms with Crippen LogP contribution in [0.15, 0.2) is 0 Å². The summed E-state index contributed by atoms with van der Waals surface area (Å²) in [6, 6.07) is 0. The Hall–Kier alpha value is 0.284. The van der Waals surface area contributed by atoms with Crippen LogP contribution in [0.3, 0.4) is 0 Å². The van der Waals surface area contributed by atoms with Crippen molar-refractivity contribution >= 4 is 34.4 Å². The molecule has 0 fully saturated rings. The average Bonchev–Trinajstić information content (AvgIpc) is 1.88. The van der Waals surface area contributed by atoms with E-state index in [-0.39, 0.29) is 0 Å². The van der Waals surface area contributed by atoms with Crippen molar-refractivity contribution in [2.75, 3.05) is 0 Å². The molecule has 0 spiro atoms. The second-order valence-corrected chi connectivity index (χ2v) is 19.1. The van der Waals surface area contributed by atoms with Gasteiger partial charge in [-0.1, -0.05) is 0 Å². The van der Waals surface area contributed by atoms with Gasteiger partial charge >= 0.3 is 23.3 Å². The van der Waals surface area contributed by atoms with Crippen LogP contribution in [0.4, 0.5) is 13.2 Å². The maximum Gasteiger partial charge on any atom is 0.511 e. The number of nitrogens with one attached hydrogen (secondary N) is 1. The molecule has 0 aromatic heterocycles. The molecule has 0 radical (unpaired) electrons. The fraction of sp³-hybridized carbons (Fsp3) is 1.00. The van der Waals surface area contributed by atoms with Crippen molar-refractivity contribution in [3.63, 3.8) is 0 Å². The van der Waals surface area contributed by atoms with Gasteiger partial charge in [0.25, 0.3) is 0 Å². The fourth-order valence-corrected chi connectivity index (χ4v) is 9.79. The summed E-state index contributed by atoms with van der Waals surface area (Å²) in [5.74, 6) is 0. The summed E-state index contributed by atoms with van der Waals surface area (Å²) in [4.78, 5) is 0. The first-order chi connectivity index (χ1) is 8.37. The molecule has 0 aromatic carbocycles. The van der Waals surface area contributed by atoms with Crippen LogP contribution in [0.1, 0.15) is 0 Å². The first-order valence-electron chi connectivity index (χ1n) is 5.49. The van der Waals surface area contributed by atoms with Crippen LogP contribution >= 0.6 is 7.75 Å². The van der Waals surface area contributed by atoms with E-state index in [0.29, 0.717) is 0 Å². The van der Waals surface area contributed by atoms with Crippen LogP contribution in [0, 0.1) is 0 Å².